The molecule has 5 heteroatoms. The highest BCUT2D eigenvalue weighted by molar-refractivity contribution is 6.06. The van der Waals surface area contributed by atoms with E-state index in [-0.39, 0.29) is 18.4 Å². The molecule has 0 aliphatic rings. The minimum absolute atomic E-state index is 0.0724. The van der Waals surface area contributed by atoms with Crippen LogP contribution in [0.15, 0.2) is 30.5 Å². The number of carbonyl (C=O) groups is 2. The van der Waals surface area contributed by atoms with Crippen molar-refractivity contribution in [2.45, 2.75) is 0 Å². The van der Waals surface area contributed by atoms with E-state index in [1.165, 1.54) is 9.80 Å². The van der Waals surface area contributed by atoms with Crippen LogP contribution in [0.5, 0.6) is 0 Å². The number of nitrogens with one attached hydrogen (secondary N) is 1. The summed E-state index contributed by atoms with van der Waals surface area (Å²) in [7, 11) is 4.98. The molecule has 1 N–H and O–H groups in total. The number of hydrogen-bond donors (Lipinski definition) is 1. The van der Waals surface area contributed by atoms with Crippen LogP contribution < -0.4 is 0 Å². The average molecular weight is 259 g/mol. The third kappa shape index (κ3) is 2.59. The second kappa shape index (κ2) is 5.14. The van der Waals surface area contributed by atoms with Gasteiger partial charge in [0.1, 0.15) is 0 Å². The Labute approximate surface area is 111 Å². The normalized spacial score (nSPS) is 10.5. The number of amides is 2. The standard InChI is InChI=1S/C14H17N3O2/c1-16(2)12(18)9-17(3)14(19)11-6-4-5-10-7-8-15-13(10)11/h4-8,15H,9H2,1-3H3. The molecule has 1 heterocycles. The van der Waals surface area contributed by atoms with Crippen LogP contribution in [0.4, 0.5) is 0 Å². The van der Waals surface area contributed by atoms with Crippen LogP contribution in [0.1, 0.15) is 10.4 Å². The second-order valence-corrected chi connectivity index (χ2v) is 4.70. The predicted molar refractivity (Wildman–Crippen MR) is 74.0 cm³/mol. The summed E-state index contributed by atoms with van der Waals surface area (Å²) in [4.78, 5) is 29.9. The molecule has 100 valence electrons. The number of carbonyl (C=O) groups excluding carboxylic acids is 2. The molecule has 0 aliphatic heterocycles. The minimum Gasteiger partial charge on any atom is -0.361 e. The second-order valence-electron chi connectivity index (χ2n) is 4.70. The molecule has 1 aromatic carbocycles. The van der Waals surface area contributed by atoms with Crippen LogP contribution in [-0.2, 0) is 4.79 Å². The molecule has 2 rings (SSSR count). The third-order valence-corrected chi connectivity index (χ3v) is 3.04. The minimum atomic E-state index is -0.164. The van der Waals surface area contributed by atoms with E-state index in [1.807, 2.05) is 18.2 Å². The van der Waals surface area contributed by atoms with E-state index in [4.69, 9.17) is 0 Å². The molecule has 0 aliphatic carbocycles. The van der Waals surface area contributed by atoms with Crippen LogP contribution in [-0.4, -0.2) is 54.3 Å². The molecular formula is C14H17N3O2. The van der Waals surface area contributed by atoms with Crippen molar-refractivity contribution in [2.24, 2.45) is 0 Å². The van der Waals surface area contributed by atoms with E-state index >= 15 is 0 Å². The topological polar surface area (TPSA) is 56.4 Å². The molecule has 0 radical (unpaired) electrons. The molecule has 1 aromatic heterocycles. The van der Waals surface area contributed by atoms with Crippen LogP contribution in [0.2, 0.25) is 0 Å². The lowest BCUT2D eigenvalue weighted by molar-refractivity contribution is -0.129. The molecule has 0 saturated carbocycles. The van der Waals surface area contributed by atoms with Crippen LogP contribution in [0, 0.1) is 0 Å². The van der Waals surface area contributed by atoms with Gasteiger partial charge in [-0.3, -0.25) is 9.59 Å². The zero-order chi connectivity index (χ0) is 14.0. The molecule has 0 saturated heterocycles. The Bertz CT molecular complexity index is 616. The van der Waals surface area contributed by atoms with Gasteiger partial charge in [-0.05, 0) is 12.1 Å². The number of aromatic nitrogens is 1. The van der Waals surface area contributed by atoms with E-state index in [1.54, 1.807) is 33.4 Å². The quantitative estimate of drug-likeness (QED) is 0.904. The van der Waals surface area contributed by atoms with E-state index in [0.717, 1.165) is 10.9 Å². The van der Waals surface area contributed by atoms with Gasteiger partial charge in [-0.2, -0.15) is 0 Å². The molecule has 5 nitrogen and oxygen atoms in total. The fourth-order valence-electron chi connectivity index (χ4n) is 1.88. The van der Waals surface area contributed by atoms with E-state index in [0.29, 0.717) is 5.56 Å². The zero-order valence-corrected chi connectivity index (χ0v) is 11.3. The Kier molecular flexibility index (Phi) is 3.55. The van der Waals surface area contributed by atoms with Crippen molar-refractivity contribution in [3.63, 3.8) is 0 Å². The largest absolute Gasteiger partial charge is 0.361 e. The van der Waals surface area contributed by atoms with Crippen LogP contribution in [0.25, 0.3) is 10.9 Å². The summed E-state index contributed by atoms with van der Waals surface area (Å²) in [5.41, 5.74) is 1.38. The van der Waals surface area contributed by atoms with Gasteiger partial charge in [0.15, 0.2) is 0 Å². The van der Waals surface area contributed by atoms with Gasteiger partial charge >= 0.3 is 0 Å². The number of nitrogens with zero attached hydrogens (tertiary/aromatic N) is 2. The van der Waals surface area contributed by atoms with Gasteiger partial charge in [0.2, 0.25) is 5.91 Å². The van der Waals surface area contributed by atoms with Crippen molar-refractivity contribution in [3.05, 3.63) is 36.0 Å². The first-order valence-electron chi connectivity index (χ1n) is 6.02. The molecule has 19 heavy (non-hydrogen) atoms. The fraction of sp³-hybridized carbons (Fsp3) is 0.286. The van der Waals surface area contributed by atoms with Gasteiger partial charge in [0.25, 0.3) is 5.91 Å². The van der Waals surface area contributed by atoms with Gasteiger partial charge in [0.05, 0.1) is 17.6 Å². The Morgan fingerprint density at radius 2 is 1.89 bits per heavy atom. The summed E-state index contributed by atoms with van der Waals surface area (Å²) in [6.45, 7) is 0.0724. The first-order chi connectivity index (χ1) is 9.00. The monoisotopic (exact) mass is 259 g/mol. The number of fused-ring (bicyclic) bond motifs is 1. The van der Waals surface area contributed by atoms with Crippen molar-refractivity contribution in [1.82, 2.24) is 14.8 Å². The number of benzene rings is 1. The lowest BCUT2D eigenvalue weighted by atomic mass is 10.1. The number of rotatable bonds is 3. The first-order valence-corrected chi connectivity index (χ1v) is 6.02. The highest BCUT2D eigenvalue weighted by Gasteiger charge is 2.18. The molecule has 0 unspecified atom stereocenters. The molecule has 2 aromatic rings. The summed E-state index contributed by atoms with van der Waals surface area (Å²) < 4.78 is 0. The maximum absolute atomic E-state index is 12.3. The van der Waals surface area contributed by atoms with Crippen molar-refractivity contribution in [1.29, 1.82) is 0 Å². The zero-order valence-electron chi connectivity index (χ0n) is 11.3. The number of aromatic amines is 1. The molecule has 0 spiro atoms. The van der Waals surface area contributed by atoms with Crippen molar-refractivity contribution in [2.75, 3.05) is 27.7 Å². The molecule has 0 fully saturated rings. The number of H-pyrrole nitrogens is 1. The molecular weight excluding hydrogens is 242 g/mol. The van der Waals surface area contributed by atoms with Gasteiger partial charge in [0, 0.05) is 32.7 Å². The van der Waals surface area contributed by atoms with Gasteiger partial charge in [-0.25, -0.2) is 0 Å². The number of para-hydroxylation sites is 1. The van der Waals surface area contributed by atoms with Crippen molar-refractivity contribution >= 4 is 22.7 Å². The maximum atomic E-state index is 12.3. The Balaban J connectivity index is 2.24. The average Bonchev–Trinajstić information content (AvgIpc) is 2.85. The molecule has 0 atom stereocenters. The van der Waals surface area contributed by atoms with Crippen LogP contribution >= 0.6 is 0 Å². The maximum Gasteiger partial charge on any atom is 0.256 e. The SMILES string of the molecule is CN(C)C(=O)CN(C)C(=O)c1cccc2cc[nH]c12. The Morgan fingerprint density at radius 3 is 2.58 bits per heavy atom. The summed E-state index contributed by atoms with van der Waals surface area (Å²) in [6, 6.07) is 7.45. The van der Waals surface area contributed by atoms with Crippen molar-refractivity contribution < 1.29 is 9.59 Å². The third-order valence-electron chi connectivity index (χ3n) is 3.04. The van der Waals surface area contributed by atoms with E-state index in [9.17, 15) is 9.59 Å². The van der Waals surface area contributed by atoms with E-state index < -0.39 is 0 Å². The summed E-state index contributed by atoms with van der Waals surface area (Å²) in [5.74, 6) is -0.266. The Morgan fingerprint density at radius 1 is 1.16 bits per heavy atom. The van der Waals surface area contributed by atoms with Crippen LogP contribution in [0.3, 0.4) is 0 Å². The molecule has 2 amide bonds. The molecule has 0 bridgehead atoms. The van der Waals surface area contributed by atoms with Gasteiger partial charge in [-0.1, -0.05) is 12.1 Å². The Hall–Kier alpha value is -2.30. The summed E-state index contributed by atoms with van der Waals surface area (Å²) in [5, 5.41) is 0.984. The van der Waals surface area contributed by atoms with Gasteiger partial charge in [-0.15, -0.1) is 0 Å². The lowest BCUT2D eigenvalue weighted by Crippen LogP contribution is -2.37. The lowest BCUT2D eigenvalue weighted by Gasteiger charge is -2.19. The predicted octanol–water partition coefficient (Wildman–Crippen LogP) is 1.33. The first kappa shape index (κ1) is 13.1. The van der Waals surface area contributed by atoms with Gasteiger partial charge < -0.3 is 14.8 Å². The summed E-state index contributed by atoms with van der Waals surface area (Å²) in [6.07, 6.45) is 1.80. The highest BCUT2D eigenvalue weighted by Crippen LogP contribution is 2.18. The van der Waals surface area contributed by atoms with E-state index in [2.05, 4.69) is 4.98 Å². The fourth-order valence-corrected chi connectivity index (χ4v) is 1.88. The highest BCUT2D eigenvalue weighted by atomic mass is 16.2. The number of hydrogen-bond acceptors (Lipinski definition) is 2. The smallest absolute Gasteiger partial charge is 0.256 e. The summed E-state index contributed by atoms with van der Waals surface area (Å²) >= 11 is 0. The number of likely N-dealkylation sites (N-methyl/N-ethyl adjacent to an activating group) is 2. The van der Waals surface area contributed by atoms with Crippen molar-refractivity contribution in [3.8, 4) is 0 Å².